The zero-order valence-corrected chi connectivity index (χ0v) is 12.7. The molecule has 0 atom stereocenters. The van der Waals surface area contributed by atoms with E-state index in [9.17, 15) is 4.79 Å². The van der Waals surface area contributed by atoms with Crippen molar-refractivity contribution in [1.29, 1.82) is 0 Å². The molecule has 7 nitrogen and oxygen atoms in total. The van der Waals surface area contributed by atoms with Crippen molar-refractivity contribution in [2.24, 2.45) is 0 Å². The molecule has 4 rings (SSSR count). The zero-order chi connectivity index (χ0) is 16.5. The minimum atomic E-state index is -0.550. The molecule has 2 aromatic heterocycles. The lowest BCUT2D eigenvalue weighted by molar-refractivity contribution is 0.0989. The van der Waals surface area contributed by atoms with Crippen molar-refractivity contribution in [3.63, 3.8) is 0 Å². The molecular formula is C17H12N4O3. The summed E-state index contributed by atoms with van der Waals surface area (Å²) in [5.74, 6) is -0.288. The van der Waals surface area contributed by atoms with Crippen LogP contribution in [-0.4, -0.2) is 21.1 Å². The Balaban J connectivity index is 1.56. The van der Waals surface area contributed by atoms with Gasteiger partial charge < -0.3 is 8.83 Å². The molecule has 0 aliphatic rings. The number of hydrogen-bond donors (Lipinski definition) is 1. The van der Waals surface area contributed by atoms with Crippen LogP contribution in [0, 0.1) is 6.92 Å². The van der Waals surface area contributed by atoms with Crippen molar-refractivity contribution in [2.75, 3.05) is 5.32 Å². The van der Waals surface area contributed by atoms with Gasteiger partial charge in [-0.3, -0.25) is 10.1 Å². The molecule has 0 aliphatic carbocycles. The molecule has 1 amide bonds. The van der Waals surface area contributed by atoms with E-state index in [4.69, 9.17) is 8.83 Å². The Morgan fingerprint density at radius 1 is 1.04 bits per heavy atom. The number of aromatic nitrogens is 3. The molecule has 24 heavy (non-hydrogen) atoms. The van der Waals surface area contributed by atoms with Crippen molar-refractivity contribution in [1.82, 2.24) is 15.2 Å². The maximum absolute atomic E-state index is 12.2. The first-order valence-corrected chi connectivity index (χ1v) is 7.26. The number of hydrogen-bond acceptors (Lipinski definition) is 6. The average Bonchev–Trinajstić information content (AvgIpc) is 3.21. The molecule has 0 radical (unpaired) electrons. The summed E-state index contributed by atoms with van der Waals surface area (Å²) in [7, 11) is 0. The van der Waals surface area contributed by atoms with Gasteiger partial charge in [-0.25, -0.2) is 4.98 Å². The SMILES string of the molecule is Cc1cccc(-c2nnc(NC(=O)c3nc4ccccc4o3)o2)c1. The molecule has 0 aliphatic heterocycles. The lowest BCUT2D eigenvalue weighted by atomic mass is 10.1. The minimum Gasteiger partial charge on any atom is -0.432 e. The maximum atomic E-state index is 12.2. The van der Waals surface area contributed by atoms with E-state index in [2.05, 4.69) is 20.5 Å². The molecule has 0 spiro atoms. The number of carbonyl (C=O) groups is 1. The fourth-order valence-electron chi connectivity index (χ4n) is 2.29. The molecule has 7 heteroatoms. The number of amides is 1. The van der Waals surface area contributed by atoms with E-state index in [1.165, 1.54) is 0 Å². The number of para-hydroxylation sites is 2. The number of rotatable bonds is 3. The Hall–Kier alpha value is -3.48. The zero-order valence-electron chi connectivity index (χ0n) is 12.7. The fraction of sp³-hybridized carbons (Fsp3) is 0.0588. The first-order chi connectivity index (χ1) is 11.7. The van der Waals surface area contributed by atoms with Gasteiger partial charge in [0.15, 0.2) is 5.58 Å². The van der Waals surface area contributed by atoms with Crippen molar-refractivity contribution in [3.8, 4) is 11.5 Å². The highest BCUT2D eigenvalue weighted by molar-refractivity contribution is 6.01. The third-order valence-electron chi connectivity index (χ3n) is 3.40. The predicted molar refractivity (Wildman–Crippen MR) is 86.4 cm³/mol. The van der Waals surface area contributed by atoms with E-state index in [1.807, 2.05) is 37.3 Å². The van der Waals surface area contributed by atoms with Gasteiger partial charge in [0.1, 0.15) is 5.52 Å². The molecule has 0 unspecified atom stereocenters. The summed E-state index contributed by atoms with van der Waals surface area (Å²) in [5, 5.41) is 10.2. The van der Waals surface area contributed by atoms with Gasteiger partial charge in [-0.2, -0.15) is 0 Å². The lowest BCUT2D eigenvalue weighted by Crippen LogP contribution is -2.12. The van der Waals surface area contributed by atoms with Crippen LogP contribution in [-0.2, 0) is 0 Å². The number of benzene rings is 2. The van der Waals surface area contributed by atoms with Crippen LogP contribution in [0.3, 0.4) is 0 Å². The van der Waals surface area contributed by atoms with E-state index >= 15 is 0 Å². The minimum absolute atomic E-state index is 0.0150. The Morgan fingerprint density at radius 3 is 2.75 bits per heavy atom. The molecule has 118 valence electrons. The molecule has 2 heterocycles. The highest BCUT2D eigenvalue weighted by Crippen LogP contribution is 2.21. The third-order valence-corrected chi connectivity index (χ3v) is 3.40. The van der Waals surface area contributed by atoms with Crippen molar-refractivity contribution in [2.45, 2.75) is 6.92 Å². The summed E-state index contributed by atoms with van der Waals surface area (Å²) in [4.78, 5) is 16.3. The molecule has 1 N–H and O–H groups in total. The maximum Gasteiger partial charge on any atom is 0.322 e. The number of carbonyl (C=O) groups excluding carboxylic acids is 1. The Labute approximate surface area is 136 Å². The number of anilines is 1. The van der Waals surface area contributed by atoms with Crippen molar-refractivity contribution in [3.05, 3.63) is 60.0 Å². The highest BCUT2D eigenvalue weighted by atomic mass is 16.4. The van der Waals surface area contributed by atoms with Gasteiger partial charge in [-0.15, -0.1) is 5.10 Å². The van der Waals surface area contributed by atoms with Crippen LogP contribution < -0.4 is 5.32 Å². The van der Waals surface area contributed by atoms with E-state index in [1.54, 1.807) is 18.2 Å². The van der Waals surface area contributed by atoms with Crippen LogP contribution in [0.4, 0.5) is 6.01 Å². The molecular weight excluding hydrogens is 308 g/mol. The van der Waals surface area contributed by atoms with Crippen LogP contribution in [0.1, 0.15) is 16.2 Å². The Morgan fingerprint density at radius 2 is 1.92 bits per heavy atom. The second kappa shape index (κ2) is 5.62. The normalized spacial score (nSPS) is 10.9. The van der Waals surface area contributed by atoms with Crippen LogP contribution in [0.5, 0.6) is 0 Å². The highest BCUT2D eigenvalue weighted by Gasteiger charge is 2.17. The van der Waals surface area contributed by atoms with Crippen LogP contribution in [0.15, 0.2) is 57.4 Å². The first kappa shape index (κ1) is 14.1. The van der Waals surface area contributed by atoms with Crippen molar-refractivity contribution >= 4 is 23.0 Å². The smallest absolute Gasteiger partial charge is 0.322 e. The quantitative estimate of drug-likeness (QED) is 0.621. The van der Waals surface area contributed by atoms with E-state index in [0.717, 1.165) is 11.1 Å². The Bertz CT molecular complexity index is 1000. The first-order valence-electron chi connectivity index (χ1n) is 7.26. The molecule has 4 aromatic rings. The topological polar surface area (TPSA) is 94.1 Å². The summed E-state index contributed by atoms with van der Waals surface area (Å²) in [6, 6.07) is 14.7. The Kier molecular flexibility index (Phi) is 3.31. The summed E-state index contributed by atoms with van der Waals surface area (Å²) in [6.45, 7) is 1.97. The monoisotopic (exact) mass is 320 g/mol. The van der Waals surface area contributed by atoms with Gasteiger partial charge in [0.2, 0.25) is 5.89 Å². The van der Waals surface area contributed by atoms with E-state index < -0.39 is 5.91 Å². The van der Waals surface area contributed by atoms with Gasteiger partial charge in [-0.1, -0.05) is 34.9 Å². The van der Waals surface area contributed by atoms with E-state index in [-0.39, 0.29) is 11.9 Å². The molecule has 0 fully saturated rings. The predicted octanol–water partition coefficient (Wildman–Crippen LogP) is 3.44. The largest absolute Gasteiger partial charge is 0.432 e. The van der Waals surface area contributed by atoms with Gasteiger partial charge in [0.05, 0.1) is 0 Å². The fourth-order valence-corrected chi connectivity index (χ4v) is 2.29. The third kappa shape index (κ3) is 2.63. The van der Waals surface area contributed by atoms with Crippen LogP contribution in [0.2, 0.25) is 0 Å². The summed E-state index contributed by atoms with van der Waals surface area (Å²) < 4.78 is 10.9. The number of oxazole rings is 1. The van der Waals surface area contributed by atoms with Crippen molar-refractivity contribution < 1.29 is 13.6 Å². The molecule has 2 aromatic carbocycles. The average molecular weight is 320 g/mol. The summed E-state index contributed by atoms with van der Waals surface area (Å²) in [5.41, 5.74) is 3.00. The van der Waals surface area contributed by atoms with Gasteiger partial charge >= 0.3 is 11.9 Å². The van der Waals surface area contributed by atoms with E-state index in [0.29, 0.717) is 17.0 Å². The second-order valence-corrected chi connectivity index (χ2v) is 5.22. The second-order valence-electron chi connectivity index (χ2n) is 5.22. The summed E-state index contributed by atoms with van der Waals surface area (Å²) in [6.07, 6.45) is 0. The molecule has 0 saturated heterocycles. The molecule has 0 bridgehead atoms. The van der Waals surface area contributed by atoms with Crippen LogP contribution in [0.25, 0.3) is 22.6 Å². The van der Waals surface area contributed by atoms with Gasteiger partial charge in [-0.05, 0) is 31.2 Å². The number of fused-ring (bicyclic) bond motifs is 1. The molecule has 0 saturated carbocycles. The summed E-state index contributed by atoms with van der Waals surface area (Å²) >= 11 is 0. The number of aryl methyl sites for hydroxylation is 1. The van der Waals surface area contributed by atoms with Gasteiger partial charge in [0, 0.05) is 5.56 Å². The number of nitrogens with one attached hydrogen (secondary N) is 1. The standard InChI is InChI=1S/C17H12N4O3/c1-10-5-4-6-11(9-10)15-20-21-17(24-15)19-14(22)16-18-12-7-2-3-8-13(12)23-16/h2-9H,1H3,(H,19,21,22). The lowest BCUT2D eigenvalue weighted by Gasteiger charge is -1.96. The van der Waals surface area contributed by atoms with Gasteiger partial charge in [0.25, 0.3) is 5.89 Å². The van der Waals surface area contributed by atoms with Crippen LogP contribution >= 0.6 is 0 Å². The number of nitrogens with zero attached hydrogens (tertiary/aromatic N) is 3.